The maximum atomic E-state index is 5.25. The second kappa shape index (κ2) is 10.5. The number of para-hydroxylation sites is 1. The van der Waals surface area contributed by atoms with Crippen molar-refractivity contribution in [3.05, 3.63) is 95.1 Å². The van der Waals surface area contributed by atoms with Crippen molar-refractivity contribution < 1.29 is 4.74 Å². The molecule has 0 amide bonds. The molecule has 0 unspecified atom stereocenters. The zero-order chi connectivity index (χ0) is 21.5. The Balaban J connectivity index is 1.34. The Kier molecular flexibility index (Phi) is 7.26. The van der Waals surface area contributed by atoms with Gasteiger partial charge in [-0.25, -0.2) is 0 Å². The first-order chi connectivity index (χ1) is 15.2. The first kappa shape index (κ1) is 21.5. The average molecular weight is 415 g/mol. The van der Waals surface area contributed by atoms with Crippen molar-refractivity contribution in [1.29, 1.82) is 0 Å². The van der Waals surface area contributed by atoms with E-state index >= 15 is 0 Å². The smallest absolute Gasteiger partial charge is 0.118 e. The number of hydrogen-bond donors (Lipinski definition) is 0. The summed E-state index contributed by atoms with van der Waals surface area (Å²) in [5.41, 5.74) is 7.23. The van der Waals surface area contributed by atoms with Crippen molar-refractivity contribution in [2.75, 3.05) is 38.7 Å². The number of ether oxygens (including phenoxy) is 1. The highest BCUT2D eigenvalue weighted by molar-refractivity contribution is 5.55. The van der Waals surface area contributed by atoms with Gasteiger partial charge in [-0.05, 0) is 79.7 Å². The molecule has 0 saturated carbocycles. The molecule has 1 aliphatic heterocycles. The molecule has 0 spiro atoms. The van der Waals surface area contributed by atoms with Gasteiger partial charge in [0, 0.05) is 25.3 Å². The van der Waals surface area contributed by atoms with Gasteiger partial charge in [0.25, 0.3) is 0 Å². The van der Waals surface area contributed by atoms with Crippen molar-refractivity contribution in [2.24, 2.45) is 0 Å². The van der Waals surface area contributed by atoms with Crippen molar-refractivity contribution in [1.82, 2.24) is 4.90 Å². The summed E-state index contributed by atoms with van der Waals surface area (Å²) in [5, 5.41) is 0. The second-order valence-electron chi connectivity index (χ2n) is 8.57. The van der Waals surface area contributed by atoms with E-state index < -0.39 is 0 Å². The molecule has 0 atom stereocenters. The Labute approximate surface area is 187 Å². The third-order valence-electron chi connectivity index (χ3n) is 6.38. The van der Waals surface area contributed by atoms with Crippen molar-refractivity contribution in [3.63, 3.8) is 0 Å². The van der Waals surface area contributed by atoms with E-state index in [1.165, 1.54) is 27.9 Å². The largest absolute Gasteiger partial charge is 0.497 e. The van der Waals surface area contributed by atoms with E-state index in [1.807, 2.05) is 12.1 Å². The van der Waals surface area contributed by atoms with Crippen LogP contribution in [-0.2, 0) is 25.8 Å². The van der Waals surface area contributed by atoms with Gasteiger partial charge in [-0.1, -0.05) is 54.6 Å². The van der Waals surface area contributed by atoms with E-state index in [9.17, 15) is 0 Å². The zero-order valence-electron chi connectivity index (χ0n) is 18.9. The normalized spacial score (nSPS) is 13.3. The van der Waals surface area contributed by atoms with Crippen LogP contribution in [0.4, 0.5) is 5.69 Å². The zero-order valence-corrected chi connectivity index (χ0v) is 18.9. The van der Waals surface area contributed by atoms with Crippen molar-refractivity contribution in [3.8, 4) is 5.75 Å². The third-order valence-corrected chi connectivity index (χ3v) is 6.38. The molecule has 0 bridgehead atoms. The Morgan fingerprint density at radius 2 is 1.48 bits per heavy atom. The van der Waals surface area contributed by atoms with Crippen LogP contribution in [0.1, 0.15) is 28.7 Å². The summed E-state index contributed by atoms with van der Waals surface area (Å²) in [6, 6.07) is 26.4. The molecule has 0 fully saturated rings. The quantitative estimate of drug-likeness (QED) is 0.493. The molecule has 3 nitrogen and oxygen atoms in total. The van der Waals surface area contributed by atoms with Gasteiger partial charge in [0.05, 0.1) is 7.11 Å². The van der Waals surface area contributed by atoms with E-state index in [0.29, 0.717) is 0 Å². The van der Waals surface area contributed by atoms with E-state index in [0.717, 1.165) is 57.6 Å². The molecular formula is C28H34N2O. The minimum atomic E-state index is 0.923. The fraction of sp³-hybridized carbons (Fsp3) is 0.357. The number of benzene rings is 3. The number of likely N-dealkylation sites (N-methyl/N-ethyl adjacent to an activating group) is 1. The molecule has 4 rings (SSSR count). The summed E-state index contributed by atoms with van der Waals surface area (Å²) < 4.78 is 5.25. The Bertz CT molecular complexity index is 967. The lowest BCUT2D eigenvalue weighted by molar-refractivity contribution is 0.334. The van der Waals surface area contributed by atoms with Crippen molar-refractivity contribution >= 4 is 5.69 Å². The summed E-state index contributed by atoms with van der Waals surface area (Å²) in [6.07, 6.45) is 4.48. The number of hydrogen-bond acceptors (Lipinski definition) is 3. The molecule has 3 aromatic carbocycles. The van der Waals surface area contributed by atoms with Crippen LogP contribution in [-0.4, -0.2) is 38.7 Å². The standard InChI is InChI=1S/C28H34N2O/c1-29(21-18-23-12-16-27(31-2)17-13-23)19-7-20-30-22-26-10-4-3-8-24(26)14-15-25-9-5-6-11-28(25)30/h3-6,8-13,16-17H,7,14-15,18-22H2,1-2H3. The van der Waals surface area contributed by atoms with Crippen LogP contribution in [0.2, 0.25) is 0 Å². The first-order valence-electron chi connectivity index (χ1n) is 11.4. The van der Waals surface area contributed by atoms with E-state index in [4.69, 9.17) is 4.74 Å². The number of rotatable bonds is 8. The van der Waals surface area contributed by atoms with Gasteiger partial charge in [-0.2, -0.15) is 0 Å². The van der Waals surface area contributed by atoms with Gasteiger partial charge < -0.3 is 14.5 Å². The van der Waals surface area contributed by atoms with E-state index in [2.05, 4.69) is 77.5 Å². The van der Waals surface area contributed by atoms with Gasteiger partial charge in [0.15, 0.2) is 0 Å². The van der Waals surface area contributed by atoms with Crippen LogP contribution in [0.15, 0.2) is 72.8 Å². The summed E-state index contributed by atoms with van der Waals surface area (Å²) >= 11 is 0. The first-order valence-corrected chi connectivity index (χ1v) is 11.4. The fourth-order valence-electron chi connectivity index (χ4n) is 4.50. The Hall–Kier alpha value is -2.78. The lowest BCUT2D eigenvalue weighted by Crippen LogP contribution is -2.30. The SMILES string of the molecule is COc1ccc(CCN(C)CCCN2Cc3ccccc3CCc3ccccc32)cc1. The second-order valence-corrected chi connectivity index (χ2v) is 8.57. The van der Waals surface area contributed by atoms with Crippen LogP contribution in [0.5, 0.6) is 5.75 Å². The summed E-state index contributed by atoms with van der Waals surface area (Å²) in [7, 11) is 3.95. The van der Waals surface area contributed by atoms with Gasteiger partial charge in [-0.3, -0.25) is 0 Å². The minimum absolute atomic E-state index is 0.923. The number of methoxy groups -OCH3 is 1. The highest BCUT2D eigenvalue weighted by atomic mass is 16.5. The number of nitrogens with zero attached hydrogens (tertiary/aromatic N) is 2. The highest BCUT2D eigenvalue weighted by Gasteiger charge is 2.17. The Morgan fingerprint density at radius 3 is 2.26 bits per heavy atom. The van der Waals surface area contributed by atoms with Gasteiger partial charge in [0.2, 0.25) is 0 Å². The van der Waals surface area contributed by atoms with Crippen molar-refractivity contribution in [2.45, 2.75) is 32.2 Å². The van der Waals surface area contributed by atoms with Crippen LogP contribution >= 0.6 is 0 Å². The Morgan fingerprint density at radius 1 is 0.806 bits per heavy atom. The summed E-state index contributed by atoms with van der Waals surface area (Å²) in [6.45, 7) is 4.27. The predicted octanol–water partition coefficient (Wildman–Crippen LogP) is 5.37. The van der Waals surface area contributed by atoms with E-state index in [-0.39, 0.29) is 0 Å². The molecule has 3 aromatic rings. The summed E-state index contributed by atoms with van der Waals surface area (Å²) in [4.78, 5) is 5.04. The molecule has 0 saturated heterocycles. The van der Waals surface area contributed by atoms with Crippen LogP contribution in [0.25, 0.3) is 0 Å². The third kappa shape index (κ3) is 5.68. The molecule has 1 heterocycles. The molecule has 31 heavy (non-hydrogen) atoms. The highest BCUT2D eigenvalue weighted by Crippen LogP contribution is 2.28. The topological polar surface area (TPSA) is 15.7 Å². The van der Waals surface area contributed by atoms with Gasteiger partial charge in [-0.15, -0.1) is 0 Å². The molecule has 3 heteroatoms. The number of aryl methyl sites for hydroxylation is 2. The molecule has 0 aliphatic carbocycles. The van der Waals surface area contributed by atoms with E-state index in [1.54, 1.807) is 7.11 Å². The molecule has 162 valence electrons. The lowest BCUT2D eigenvalue weighted by atomic mass is 9.95. The molecular weight excluding hydrogens is 380 g/mol. The predicted molar refractivity (Wildman–Crippen MR) is 130 cm³/mol. The maximum Gasteiger partial charge on any atom is 0.118 e. The molecule has 0 radical (unpaired) electrons. The lowest BCUT2D eigenvalue weighted by Gasteiger charge is -2.31. The van der Waals surface area contributed by atoms with Gasteiger partial charge >= 0.3 is 0 Å². The number of anilines is 1. The number of fused-ring (bicyclic) bond motifs is 2. The molecule has 0 aromatic heterocycles. The van der Waals surface area contributed by atoms with Crippen LogP contribution in [0, 0.1) is 0 Å². The fourth-order valence-corrected chi connectivity index (χ4v) is 4.50. The summed E-state index contributed by atoms with van der Waals surface area (Å²) in [5.74, 6) is 0.923. The van der Waals surface area contributed by atoms with Crippen LogP contribution in [0.3, 0.4) is 0 Å². The maximum absolute atomic E-state index is 5.25. The van der Waals surface area contributed by atoms with Crippen LogP contribution < -0.4 is 9.64 Å². The molecule has 1 aliphatic rings. The molecule has 0 N–H and O–H groups in total. The minimum Gasteiger partial charge on any atom is -0.497 e. The average Bonchev–Trinajstić information content (AvgIpc) is 2.81. The van der Waals surface area contributed by atoms with Gasteiger partial charge in [0.1, 0.15) is 5.75 Å². The monoisotopic (exact) mass is 414 g/mol.